The monoisotopic (exact) mass is 373 g/mol. The number of amides is 1. The van der Waals surface area contributed by atoms with Gasteiger partial charge in [-0.2, -0.15) is 0 Å². The number of hydrogen-bond donors (Lipinski definition) is 2. The highest BCUT2D eigenvalue weighted by Crippen LogP contribution is 2.43. The van der Waals surface area contributed by atoms with E-state index in [1.54, 1.807) is 26.3 Å². The molecule has 0 heterocycles. The van der Waals surface area contributed by atoms with Gasteiger partial charge in [-0.1, -0.05) is 48.5 Å². The molecule has 3 aromatic carbocycles. The van der Waals surface area contributed by atoms with E-state index in [0.717, 1.165) is 35.1 Å². The first-order valence-electron chi connectivity index (χ1n) is 9.38. The molecule has 0 bridgehead atoms. The highest BCUT2D eigenvalue weighted by molar-refractivity contribution is 5.94. The zero-order chi connectivity index (χ0) is 19.7. The van der Waals surface area contributed by atoms with E-state index in [2.05, 4.69) is 17.4 Å². The Kier molecular flexibility index (Phi) is 4.65. The van der Waals surface area contributed by atoms with Crippen molar-refractivity contribution in [3.63, 3.8) is 0 Å². The van der Waals surface area contributed by atoms with Crippen LogP contribution in [0.25, 0.3) is 0 Å². The SMILES string of the molecule is CNC(=O)c1cc(OC)cc(C2(O)c3ccccc3CCc3ccccc32)c1. The number of aliphatic hydroxyl groups is 1. The van der Waals surface area contributed by atoms with E-state index in [1.807, 2.05) is 42.5 Å². The fourth-order valence-electron chi connectivity index (χ4n) is 4.11. The highest BCUT2D eigenvalue weighted by Gasteiger charge is 2.39. The summed E-state index contributed by atoms with van der Waals surface area (Å²) >= 11 is 0. The third-order valence-corrected chi connectivity index (χ3v) is 5.53. The molecule has 4 heteroatoms. The maximum absolute atomic E-state index is 12.3. The summed E-state index contributed by atoms with van der Waals surface area (Å²) in [5, 5.41) is 14.9. The molecule has 0 saturated carbocycles. The largest absolute Gasteiger partial charge is 0.497 e. The zero-order valence-corrected chi connectivity index (χ0v) is 16.0. The molecule has 1 amide bonds. The molecule has 3 aromatic rings. The first-order chi connectivity index (χ1) is 13.6. The average Bonchev–Trinajstić information content (AvgIpc) is 2.88. The molecule has 0 spiro atoms. The molecule has 0 aliphatic heterocycles. The summed E-state index contributed by atoms with van der Waals surface area (Å²) in [5.74, 6) is 0.308. The van der Waals surface area contributed by atoms with Gasteiger partial charge in [-0.3, -0.25) is 4.79 Å². The van der Waals surface area contributed by atoms with Crippen molar-refractivity contribution >= 4 is 5.91 Å². The molecule has 28 heavy (non-hydrogen) atoms. The molecule has 0 fully saturated rings. The van der Waals surface area contributed by atoms with Gasteiger partial charge in [0, 0.05) is 12.6 Å². The fraction of sp³-hybridized carbons (Fsp3) is 0.208. The Labute approximate surface area is 164 Å². The molecular weight excluding hydrogens is 350 g/mol. The molecule has 142 valence electrons. The van der Waals surface area contributed by atoms with Crippen LogP contribution in [-0.4, -0.2) is 25.2 Å². The molecule has 0 radical (unpaired) electrons. The molecule has 0 atom stereocenters. The van der Waals surface area contributed by atoms with Gasteiger partial charge in [0.05, 0.1) is 7.11 Å². The predicted octanol–water partition coefficient (Wildman–Crippen LogP) is 3.44. The van der Waals surface area contributed by atoms with Gasteiger partial charge in [0.25, 0.3) is 5.91 Å². The van der Waals surface area contributed by atoms with E-state index < -0.39 is 5.60 Å². The first kappa shape index (κ1) is 18.3. The average molecular weight is 373 g/mol. The van der Waals surface area contributed by atoms with E-state index in [4.69, 9.17) is 4.74 Å². The summed E-state index contributed by atoms with van der Waals surface area (Å²) in [5.41, 5.74) is 3.58. The van der Waals surface area contributed by atoms with Gasteiger partial charge in [0.2, 0.25) is 0 Å². The lowest BCUT2D eigenvalue weighted by Crippen LogP contribution is -2.31. The number of ether oxygens (including phenoxy) is 1. The quantitative estimate of drug-likeness (QED) is 0.739. The summed E-state index contributed by atoms with van der Waals surface area (Å²) in [6, 6.07) is 21.2. The standard InChI is InChI=1S/C24H23NO3/c1-25-23(26)18-13-19(15-20(14-18)28-2)24(27)21-9-5-3-7-16(21)11-12-17-8-4-6-10-22(17)24/h3-10,13-15,27H,11-12H2,1-2H3,(H,25,26). The van der Waals surface area contributed by atoms with Gasteiger partial charge in [0.15, 0.2) is 0 Å². The van der Waals surface area contributed by atoms with Crippen LogP contribution in [0.4, 0.5) is 0 Å². The van der Waals surface area contributed by atoms with Crippen molar-refractivity contribution in [2.24, 2.45) is 0 Å². The van der Waals surface area contributed by atoms with Gasteiger partial charge < -0.3 is 15.2 Å². The smallest absolute Gasteiger partial charge is 0.251 e. The van der Waals surface area contributed by atoms with Crippen LogP contribution in [0.2, 0.25) is 0 Å². The van der Waals surface area contributed by atoms with E-state index in [-0.39, 0.29) is 5.91 Å². The van der Waals surface area contributed by atoms with Gasteiger partial charge >= 0.3 is 0 Å². The lowest BCUT2D eigenvalue weighted by molar-refractivity contribution is 0.0961. The van der Waals surface area contributed by atoms with Crippen LogP contribution in [0.5, 0.6) is 5.75 Å². The van der Waals surface area contributed by atoms with E-state index in [1.165, 1.54) is 0 Å². The van der Waals surface area contributed by atoms with E-state index in [0.29, 0.717) is 16.9 Å². The number of methoxy groups -OCH3 is 1. The van der Waals surface area contributed by atoms with Gasteiger partial charge in [-0.05, 0) is 58.9 Å². The lowest BCUT2D eigenvalue weighted by atomic mass is 9.77. The summed E-state index contributed by atoms with van der Waals surface area (Å²) in [6.45, 7) is 0. The van der Waals surface area contributed by atoms with Crippen molar-refractivity contribution < 1.29 is 14.6 Å². The van der Waals surface area contributed by atoms with Crippen LogP contribution in [0.1, 0.15) is 38.2 Å². The topological polar surface area (TPSA) is 58.6 Å². The van der Waals surface area contributed by atoms with Crippen LogP contribution in [-0.2, 0) is 18.4 Å². The van der Waals surface area contributed by atoms with Gasteiger partial charge in [-0.15, -0.1) is 0 Å². The Morgan fingerprint density at radius 3 is 2.07 bits per heavy atom. The third-order valence-electron chi connectivity index (χ3n) is 5.53. The highest BCUT2D eigenvalue weighted by atomic mass is 16.5. The molecule has 1 aliphatic rings. The van der Waals surface area contributed by atoms with Crippen LogP contribution < -0.4 is 10.1 Å². The lowest BCUT2D eigenvalue weighted by Gasteiger charge is -2.32. The number of benzene rings is 3. The number of nitrogens with one attached hydrogen (secondary N) is 1. The second-order valence-corrected chi connectivity index (χ2v) is 7.05. The van der Waals surface area contributed by atoms with Crippen molar-refractivity contribution in [3.8, 4) is 5.75 Å². The molecular formula is C24H23NO3. The van der Waals surface area contributed by atoms with Crippen molar-refractivity contribution in [2.75, 3.05) is 14.2 Å². The van der Waals surface area contributed by atoms with Crippen molar-refractivity contribution in [2.45, 2.75) is 18.4 Å². The Hall–Kier alpha value is -3.11. The maximum atomic E-state index is 12.3. The molecule has 4 nitrogen and oxygen atoms in total. The second kappa shape index (κ2) is 7.13. The number of carbonyl (C=O) groups is 1. The Morgan fingerprint density at radius 1 is 0.964 bits per heavy atom. The third kappa shape index (κ3) is 2.86. The zero-order valence-electron chi connectivity index (χ0n) is 16.0. The fourth-order valence-corrected chi connectivity index (χ4v) is 4.11. The van der Waals surface area contributed by atoms with E-state index in [9.17, 15) is 9.90 Å². The Morgan fingerprint density at radius 2 is 1.54 bits per heavy atom. The molecule has 2 N–H and O–H groups in total. The van der Waals surface area contributed by atoms with Crippen LogP contribution >= 0.6 is 0 Å². The molecule has 0 saturated heterocycles. The van der Waals surface area contributed by atoms with Crippen molar-refractivity contribution in [1.29, 1.82) is 0 Å². The summed E-state index contributed by atoms with van der Waals surface area (Å²) in [6.07, 6.45) is 1.70. The summed E-state index contributed by atoms with van der Waals surface area (Å²) in [7, 11) is 3.15. The molecule has 0 aromatic heterocycles. The van der Waals surface area contributed by atoms with Crippen LogP contribution in [0.3, 0.4) is 0 Å². The van der Waals surface area contributed by atoms with Gasteiger partial charge in [-0.25, -0.2) is 0 Å². The molecule has 1 aliphatic carbocycles. The number of rotatable bonds is 3. The number of fused-ring (bicyclic) bond motifs is 2. The van der Waals surface area contributed by atoms with Crippen molar-refractivity contribution in [3.05, 3.63) is 100 Å². The number of carbonyl (C=O) groups excluding carboxylic acids is 1. The van der Waals surface area contributed by atoms with Crippen molar-refractivity contribution in [1.82, 2.24) is 5.32 Å². The van der Waals surface area contributed by atoms with Crippen LogP contribution in [0, 0.1) is 0 Å². The summed E-state index contributed by atoms with van der Waals surface area (Å²) < 4.78 is 5.44. The number of hydrogen-bond acceptors (Lipinski definition) is 3. The predicted molar refractivity (Wildman–Crippen MR) is 109 cm³/mol. The Bertz CT molecular complexity index is 994. The van der Waals surface area contributed by atoms with Crippen LogP contribution in [0.15, 0.2) is 66.7 Å². The second-order valence-electron chi connectivity index (χ2n) is 7.05. The minimum absolute atomic E-state index is 0.223. The first-order valence-corrected chi connectivity index (χ1v) is 9.38. The minimum Gasteiger partial charge on any atom is -0.497 e. The van der Waals surface area contributed by atoms with Gasteiger partial charge in [0.1, 0.15) is 11.4 Å². The Balaban J connectivity index is 2.05. The van der Waals surface area contributed by atoms with E-state index >= 15 is 0 Å². The molecule has 4 rings (SSSR count). The minimum atomic E-state index is -1.37. The normalized spacial score (nSPS) is 14.4. The maximum Gasteiger partial charge on any atom is 0.251 e. The summed E-state index contributed by atoms with van der Waals surface area (Å²) in [4.78, 5) is 12.3. The number of aryl methyl sites for hydroxylation is 2. The molecule has 0 unspecified atom stereocenters.